The predicted molar refractivity (Wildman–Crippen MR) is 48.7 cm³/mol. The molecule has 0 aromatic heterocycles. The van der Waals surface area contributed by atoms with Crippen molar-refractivity contribution in [3.63, 3.8) is 0 Å². The molecule has 0 aromatic carbocycles. The van der Waals surface area contributed by atoms with E-state index in [4.69, 9.17) is 5.11 Å². The van der Waals surface area contributed by atoms with Crippen molar-refractivity contribution in [1.82, 2.24) is 0 Å². The third-order valence-electron chi connectivity index (χ3n) is 2.26. The van der Waals surface area contributed by atoms with Crippen molar-refractivity contribution >= 4 is 0 Å². The van der Waals surface area contributed by atoms with Crippen LogP contribution in [0.2, 0.25) is 0 Å². The fraction of sp³-hybridized carbons (Fsp3) is 0.600. The van der Waals surface area contributed by atoms with E-state index in [9.17, 15) is 5.11 Å². The molecule has 0 saturated carbocycles. The van der Waals surface area contributed by atoms with Gasteiger partial charge in [0.25, 0.3) is 0 Å². The van der Waals surface area contributed by atoms with Crippen LogP contribution in [0.1, 0.15) is 19.8 Å². The van der Waals surface area contributed by atoms with E-state index in [1.807, 2.05) is 0 Å². The average Bonchev–Trinajstić information content (AvgIpc) is 2.17. The molecule has 0 amide bonds. The zero-order chi connectivity index (χ0) is 8.97. The first-order chi connectivity index (χ1) is 5.77. The minimum absolute atomic E-state index is 0.106. The number of hydrogen-bond acceptors (Lipinski definition) is 2. The third-order valence-corrected chi connectivity index (χ3v) is 2.26. The first kappa shape index (κ1) is 9.49. The van der Waals surface area contributed by atoms with Crippen LogP contribution < -0.4 is 0 Å². The lowest BCUT2D eigenvalue weighted by molar-refractivity contribution is 0.0632. The molecule has 1 rings (SSSR count). The van der Waals surface area contributed by atoms with Crippen LogP contribution in [0.15, 0.2) is 23.8 Å². The zero-order valence-corrected chi connectivity index (χ0v) is 7.40. The van der Waals surface area contributed by atoms with Gasteiger partial charge < -0.3 is 10.2 Å². The molecule has 68 valence electrons. The van der Waals surface area contributed by atoms with Gasteiger partial charge in [0, 0.05) is 5.92 Å². The Morgan fingerprint density at radius 2 is 2.42 bits per heavy atom. The highest BCUT2D eigenvalue weighted by Gasteiger charge is 2.16. The first-order valence-corrected chi connectivity index (χ1v) is 4.44. The van der Waals surface area contributed by atoms with Crippen molar-refractivity contribution in [2.24, 2.45) is 5.92 Å². The smallest absolute Gasteiger partial charge is 0.0836 e. The SMILES string of the molecule is CCC1=CC([C@@H](O)CO)CC=C1. The summed E-state index contributed by atoms with van der Waals surface area (Å²) in [7, 11) is 0. The minimum Gasteiger partial charge on any atom is -0.394 e. The second kappa shape index (κ2) is 4.43. The topological polar surface area (TPSA) is 40.5 Å². The van der Waals surface area contributed by atoms with Crippen molar-refractivity contribution in [1.29, 1.82) is 0 Å². The summed E-state index contributed by atoms with van der Waals surface area (Å²) in [5.74, 6) is 0.106. The number of allylic oxidation sites excluding steroid dienone is 3. The fourth-order valence-corrected chi connectivity index (χ4v) is 1.41. The van der Waals surface area contributed by atoms with Crippen LogP contribution in [0, 0.1) is 5.92 Å². The standard InChI is InChI=1S/C10H16O2/c1-2-8-4-3-5-9(6-8)10(12)7-11/h3-4,6,9-12H,2,5,7H2,1H3/t9?,10-/m0/s1. The Bertz CT molecular complexity index is 194. The Morgan fingerprint density at radius 1 is 1.67 bits per heavy atom. The first-order valence-electron chi connectivity index (χ1n) is 4.44. The van der Waals surface area contributed by atoms with E-state index >= 15 is 0 Å². The molecule has 1 aliphatic rings. The van der Waals surface area contributed by atoms with Crippen LogP contribution in [-0.2, 0) is 0 Å². The molecule has 0 aliphatic heterocycles. The molecule has 1 unspecified atom stereocenters. The highest BCUT2D eigenvalue weighted by atomic mass is 16.3. The summed E-state index contributed by atoms with van der Waals surface area (Å²) in [5, 5.41) is 18.1. The van der Waals surface area contributed by atoms with Crippen molar-refractivity contribution in [3.05, 3.63) is 23.8 Å². The Kier molecular flexibility index (Phi) is 3.50. The van der Waals surface area contributed by atoms with Crippen LogP contribution in [0.25, 0.3) is 0 Å². The van der Waals surface area contributed by atoms with Gasteiger partial charge in [0.2, 0.25) is 0 Å². The molecular formula is C10H16O2. The average molecular weight is 168 g/mol. The van der Waals surface area contributed by atoms with Gasteiger partial charge in [-0.3, -0.25) is 0 Å². The molecule has 0 radical (unpaired) electrons. The summed E-state index contributed by atoms with van der Waals surface area (Å²) >= 11 is 0. The third kappa shape index (κ3) is 2.19. The normalized spacial score (nSPS) is 25.2. The number of aliphatic hydroxyl groups excluding tert-OH is 2. The molecule has 0 bridgehead atoms. The predicted octanol–water partition coefficient (Wildman–Crippen LogP) is 1.25. The lowest BCUT2D eigenvalue weighted by Crippen LogP contribution is -2.23. The van der Waals surface area contributed by atoms with Crippen LogP contribution >= 0.6 is 0 Å². The summed E-state index contributed by atoms with van der Waals surface area (Å²) in [6, 6.07) is 0. The summed E-state index contributed by atoms with van der Waals surface area (Å²) in [5.41, 5.74) is 1.25. The Morgan fingerprint density at radius 3 is 3.00 bits per heavy atom. The molecule has 1 aliphatic carbocycles. The lowest BCUT2D eigenvalue weighted by atomic mass is 9.91. The van der Waals surface area contributed by atoms with Gasteiger partial charge in [0.1, 0.15) is 0 Å². The van der Waals surface area contributed by atoms with Crippen LogP contribution in [0.5, 0.6) is 0 Å². The summed E-state index contributed by atoms with van der Waals surface area (Å²) in [6.07, 6.45) is 7.43. The van der Waals surface area contributed by atoms with Crippen molar-refractivity contribution in [3.8, 4) is 0 Å². The van der Waals surface area contributed by atoms with E-state index in [2.05, 4.69) is 25.2 Å². The molecule has 2 N–H and O–H groups in total. The zero-order valence-electron chi connectivity index (χ0n) is 7.40. The lowest BCUT2D eigenvalue weighted by Gasteiger charge is -2.20. The number of rotatable bonds is 3. The van der Waals surface area contributed by atoms with Gasteiger partial charge in [-0.25, -0.2) is 0 Å². The summed E-state index contributed by atoms with van der Waals surface area (Å²) < 4.78 is 0. The molecular weight excluding hydrogens is 152 g/mol. The molecule has 0 spiro atoms. The molecule has 0 fully saturated rings. The molecule has 2 atom stereocenters. The molecule has 0 aromatic rings. The maximum atomic E-state index is 9.37. The quantitative estimate of drug-likeness (QED) is 0.666. The van der Waals surface area contributed by atoms with Gasteiger partial charge in [-0.1, -0.05) is 30.7 Å². The Hall–Kier alpha value is -0.600. The second-order valence-electron chi connectivity index (χ2n) is 3.15. The van der Waals surface area contributed by atoms with Crippen LogP contribution in [-0.4, -0.2) is 22.9 Å². The van der Waals surface area contributed by atoms with Gasteiger partial charge in [0.05, 0.1) is 12.7 Å². The number of aliphatic hydroxyl groups is 2. The Balaban J connectivity index is 2.59. The van der Waals surface area contributed by atoms with Gasteiger partial charge in [-0.15, -0.1) is 0 Å². The van der Waals surface area contributed by atoms with E-state index in [-0.39, 0.29) is 12.5 Å². The van der Waals surface area contributed by atoms with Gasteiger partial charge >= 0.3 is 0 Å². The van der Waals surface area contributed by atoms with Gasteiger partial charge in [0.15, 0.2) is 0 Å². The number of hydrogen-bond donors (Lipinski definition) is 2. The summed E-state index contributed by atoms with van der Waals surface area (Å²) in [4.78, 5) is 0. The maximum Gasteiger partial charge on any atom is 0.0836 e. The molecule has 0 saturated heterocycles. The van der Waals surface area contributed by atoms with Crippen LogP contribution in [0.3, 0.4) is 0 Å². The molecule has 0 heterocycles. The molecule has 12 heavy (non-hydrogen) atoms. The van der Waals surface area contributed by atoms with Crippen LogP contribution in [0.4, 0.5) is 0 Å². The van der Waals surface area contributed by atoms with Gasteiger partial charge in [-0.05, 0) is 12.8 Å². The Labute approximate surface area is 73.2 Å². The van der Waals surface area contributed by atoms with E-state index in [0.29, 0.717) is 0 Å². The van der Waals surface area contributed by atoms with E-state index in [0.717, 1.165) is 12.8 Å². The van der Waals surface area contributed by atoms with Crippen molar-refractivity contribution < 1.29 is 10.2 Å². The monoisotopic (exact) mass is 168 g/mol. The van der Waals surface area contributed by atoms with E-state index < -0.39 is 6.10 Å². The molecule has 2 nitrogen and oxygen atoms in total. The van der Waals surface area contributed by atoms with Crippen molar-refractivity contribution in [2.75, 3.05) is 6.61 Å². The van der Waals surface area contributed by atoms with E-state index in [1.54, 1.807) is 0 Å². The van der Waals surface area contributed by atoms with E-state index in [1.165, 1.54) is 5.57 Å². The highest BCUT2D eigenvalue weighted by Crippen LogP contribution is 2.21. The largest absolute Gasteiger partial charge is 0.394 e. The maximum absolute atomic E-state index is 9.37. The minimum atomic E-state index is -0.600. The second-order valence-corrected chi connectivity index (χ2v) is 3.15. The summed E-state index contributed by atoms with van der Waals surface area (Å²) in [6.45, 7) is 1.94. The fourth-order valence-electron chi connectivity index (χ4n) is 1.41. The van der Waals surface area contributed by atoms with Crippen molar-refractivity contribution in [2.45, 2.75) is 25.9 Å². The molecule has 2 heteroatoms. The highest BCUT2D eigenvalue weighted by molar-refractivity contribution is 5.24. The van der Waals surface area contributed by atoms with Gasteiger partial charge in [-0.2, -0.15) is 0 Å².